The van der Waals surface area contributed by atoms with Crippen molar-refractivity contribution in [3.8, 4) is 0 Å². The van der Waals surface area contributed by atoms with Crippen molar-refractivity contribution in [1.82, 2.24) is 0 Å². The van der Waals surface area contributed by atoms with Crippen molar-refractivity contribution in [1.29, 1.82) is 0 Å². The summed E-state index contributed by atoms with van der Waals surface area (Å²) in [6.45, 7) is 0. The first-order valence-electron chi connectivity index (χ1n) is 0. The van der Waals surface area contributed by atoms with Gasteiger partial charge >= 0.3 is 59.7 Å². The molecule has 0 heterocycles. The molecule has 0 fully saturated rings. The van der Waals surface area contributed by atoms with Gasteiger partial charge in [0, 0.05) is 0 Å². The quantitative estimate of drug-likeness (QED) is 0.522. The average Bonchev–Trinajstić information content (AvgIpc) is 0. The molecule has 0 aromatic heterocycles. The van der Waals surface area contributed by atoms with Gasteiger partial charge in [-0.2, -0.15) is 0 Å². The van der Waals surface area contributed by atoms with Gasteiger partial charge in [0.15, 0.2) is 0 Å². The monoisotopic (exact) mass is 275 g/mol. The SMILES string of the molecule is [Ga+3].[Gd+3].[O-2].[O-2].[O-2]. The van der Waals surface area contributed by atoms with Crippen LogP contribution in [0.4, 0.5) is 0 Å². The first-order chi connectivity index (χ1) is 0. The second kappa shape index (κ2) is 40.4. The molecule has 0 atom stereocenters. The number of rotatable bonds is 0. The van der Waals surface area contributed by atoms with E-state index in [9.17, 15) is 0 Å². The van der Waals surface area contributed by atoms with Crippen LogP contribution in [0.5, 0.6) is 0 Å². The van der Waals surface area contributed by atoms with E-state index in [1.54, 1.807) is 0 Å². The van der Waals surface area contributed by atoms with Crippen LogP contribution in [0.15, 0.2) is 0 Å². The average molecular weight is 275 g/mol. The van der Waals surface area contributed by atoms with E-state index in [2.05, 4.69) is 0 Å². The van der Waals surface area contributed by atoms with E-state index in [4.69, 9.17) is 0 Å². The molecule has 0 N–H and O–H groups in total. The van der Waals surface area contributed by atoms with Gasteiger partial charge in [-0.25, -0.2) is 0 Å². The van der Waals surface area contributed by atoms with Gasteiger partial charge < -0.3 is 16.4 Å². The number of hydrogen-bond acceptors (Lipinski definition) is 0. The van der Waals surface area contributed by atoms with E-state index in [1.165, 1.54) is 0 Å². The van der Waals surface area contributed by atoms with E-state index in [1.807, 2.05) is 0 Å². The van der Waals surface area contributed by atoms with Crippen LogP contribution in [0.25, 0.3) is 0 Å². The molecule has 1 radical (unpaired) electrons. The zero-order valence-corrected chi connectivity index (χ0v) is 6.85. The Morgan fingerprint density at radius 2 is 0.600 bits per heavy atom. The topological polar surface area (TPSA) is 85.5 Å². The molecule has 0 amide bonds. The summed E-state index contributed by atoms with van der Waals surface area (Å²) in [6, 6.07) is 0. The molecule has 3 nitrogen and oxygen atoms in total. The zero-order valence-electron chi connectivity index (χ0n) is 2.16. The molecule has 29 valence electrons. The Morgan fingerprint density at radius 1 is 0.600 bits per heavy atom. The molecule has 0 rings (SSSR count). The molecule has 0 aromatic carbocycles. The third-order valence-corrected chi connectivity index (χ3v) is 0. The standard InChI is InChI=1S/Ga.Gd.3O/q2*+3;3*-2. The van der Waals surface area contributed by atoms with Crippen molar-refractivity contribution < 1.29 is 56.4 Å². The fraction of sp³-hybridized carbons (Fsp3) is 0. The maximum absolute atomic E-state index is 0. The Labute approximate surface area is 75.2 Å². The molecule has 0 aliphatic rings. The summed E-state index contributed by atoms with van der Waals surface area (Å²) in [5.41, 5.74) is 0. The summed E-state index contributed by atoms with van der Waals surface area (Å²) < 4.78 is 0. The minimum Gasteiger partial charge on any atom is -2.00 e. The minimum atomic E-state index is 0. The molecule has 0 saturated carbocycles. The normalized spacial score (nSPS) is 0. The molecule has 0 saturated heterocycles. The third-order valence-electron chi connectivity index (χ3n) is 0. The van der Waals surface area contributed by atoms with Crippen LogP contribution in [-0.2, 0) is 16.4 Å². The van der Waals surface area contributed by atoms with Crippen molar-refractivity contribution in [2.45, 2.75) is 0 Å². The summed E-state index contributed by atoms with van der Waals surface area (Å²) in [7, 11) is 0. The van der Waals surface area contributed by atoms with Crippen LogP contribution in [0, 0.1) is 39.9 Å². The zero-order chi connectivity index (χ0) is 0. The van der Waals surface area contributed by atoms with Crippen LogP contribution in [0.1, 0.15) is 0 Å². The van der Waals surface area contributed by atoms with Crippen molar-refractivity contribution in [2.75, 3.05) is 0 Å². The predicted molar refractivity (Wildman–Crippen MR) is 7.81 cm³/mol. The molecule has 0 aliphatic carbocycles. The van der Waals surface area contributed by atoms with Gasteiger partial charge in [-0.1, -0.05) is 0 Å². The Hall–Kier alpha value is 1.84. The summed E-state index contributed by atoms with van der Waals surface area (Å²) in [5.74, 6) is 0. The Kier molecular flexibility index (Phi) is 556. The summed E-state index contributed by atoms with van der Waals surface area (Å²) in [4.78, 5) is 0. The first-order valence-corrected chi connectivity index (χ1v) is 0. The van der Waals surface area contributed by atoms with E-state index in [0.29, 0.717) is 0 Å². The third kappa shape index (κ3) is 25.4. The fourth-order valence-corrected chi connectivity index (χ4v) is 0. The predicted octanol–water partition coefficient (Wildman–Crippen LogP) is -0.737. The molecule has 0 spiro atoms. The number of hydrogen-bond donors (Lipinski definition) is 0. The van der Waals surface area contributed by atoms with Crippen molar-refractivity contribution in [2.24, 2.45) is 0 Å². The Balaban J connectivity index is 0. The van der Waals surface area contributed by atoms with Crippen LogP contribution >= 0.6 is 0 Å². The second-order valence-electron chi connectivity index (χ2n) is 0. The van der Waals surface area contributed by atoms with Crippen LogP contribution in [0.2, 0.25) is 0 Å². The smallest absolute Gasteiger partial charge is 2.00 e. The van der Waals surface area contributed by atoms with Gasteiger partial charge in [0.05, 0.1) is 0 Å². The molecule has 0 aliphatic heterocycles. The minimum absolute atomic E-state index is 0. The van der Waals surface area contributed by atoms with Gasteiger partial charge in [0.25, 0.3) is 0 Å². The van der Waals surface area contributed by atoms with Crippen LogP contribution < -0.4 is 0 Å². The Bertz CT molecular complexity index is 6.85. The molecular formula is GaGdO3. The molecule has 5 heavy (non-hydrogen) atoms. The van der Waals surface area contributed by atoms with Crippen molar-refractivity contribution >= 4 is 19.8 Å². The summed E-state index contributed by atoms with van der Waals surface area (Å²) in [6.07, 6.45) is 0. The van der Waals surface area contributed by atoms with Gasteiger partial charge in [-0.05, 0) is 0 Å². The van der Waals surface area contributed by atoms with Gasteiger partial charge in [-0.3, -0.25) is 0 Å². The second-order valence-corrected chi connectivity index (χ2v) is 0. The van der Waals surface area contributed by atoms with Crippen molar-refractivity contribution in [3.63, 3.8) is 0 Å². The van der Waals surface area contributed by atoms with E-state index < -0.39 is 0 Å². The first kappa shape index (κ1) is 68.9. The molecule has 0 bridgehead atoms. The molecular weight excluding hydrogens is 275 g/mol. The largest absolute Gasteiger partial charge is 3.00 e. The molecule has 0 aromatic rings. The Morgan fingerprint density at radius 3 is 0.600 bits per heavy atom. The molecule has 5 heteroatoms. The van der Waals surface area contributed by atoms with E-state index in [-0.39, 0.29) is 76.2 Å². The summed E-state index contributed by atoms with van der Waals surface area (Å²) >= 11 is 0. The maximum atomic E-state index is 0. The maximum Gasteiger partial charge on any atom is 3.00 e. The van der Waals surface area contributed by atoms with Crippen LogP contribution in [0.3, 0.4) is 0 Å². The van der Waals surface area contributed by atoms with Gasteiger partial charge in [0.2, 0.25) is 0 Å². The molecule has 0 unspecified atom stereocenters. The van der Waals surface area contributed by atoms with Gasteiger partial charge in [-0.15, -0.1) is 0 Å². The van der Waals surface area contributed by atoms with E-state index in [0.717, 1.165) is 0 Å². The van der Waals surface area contributed by atoms with Crippen LogP contribution in [-0.4, -0.2) is 19.8 Å². The van der Waals surface area contributed by atoms with Crippen molar-refractivity contribution in [3.05, 3.63) is 0 Å². The fourth-order valence-electron chi connectivity index (χ4n) is 0. The van der Waals surface area contributed by atoms with Gasteiger partial charge in [0.1, 0.15) is 0 Å². The summed E-state index contributed by atoms with van der Waals surface area (Å²) in [5, 5.41) is 0. The van der Waals surface area contributed by atoms with E-state index >= 15 is 0 Å².